The molecule has 1 unspecified atom stereocenters. The van der Waals surface area contributed by atoms with Crippen LogP contribution in [0.2, 0.25) is 0 Å². The van der Waals surface area contributed by atoms with Crippen LogP contribution in [0.1, 0.15) is 26.3 Å². The molecule has 0 bridgehead atoms. The molecule has 1 aromatic carbocycles. The summed E-state index contributed by atoms with van der Waals surface area (Å²) in [7, 11) is 0. The van der Waals surface area contributed by atoms with E-state index in [2.05, 4.69) is 26.8 Å². The number of hydrogen-bond donors (Lipinski definition) is 0. The minimum atomic E-state index is 0.644. The minimum Gasteiger partial charge on any atom is -0.493 e. The van der Waals surface area contributed by atoms with E-state index in [4.69, 9.17) is 10.00 Å². The average Bonchev–Trinajstić information content (AvgIpc) is 2.34. The Hall–Kier alpha value is -1.14. The van der Waals surface area contributed by atoms with E-state index in [1.54, 1.807) is 12.1 Å². The van der Waals surface area contributed by atoms with Gasteiger partial charge >= 0.3 is 0 Å². The van der Waals surface area contributed by atoms with Crippen molar-refractivity contribution in [1.82, 2.24) is 0 Å². The molecule has 0 aliphatic carbocycles. The SMILES string of the molecule is CC(C)C(C)SCCOc1cccc(C#N)c1. The normalized spacial score (nSPS) is 12.2. The van der Waals surface area contributed by atoms with Crippen molar-refractivity contribution in [2.75, 3.05) is 12.4 Å². The van der Waals surface area contributed by atoms with Gasteiger partial charge in [0.05, 0.1) is 18.2 Å². The molecule has 2 nitrogen and oxygen atoms in total. The largest absolute Gasteiger partial charge is 0.493 e. The van der Waals surface area contributed by atoms with Gasteiger partial charge in [0.1, 0.15) is 5.75 Å². The molecule has 0 heterocycles. The quantitative estimate of drug-likeness (QED) is 0.720. The van der Waals surface area contributed by atoms with Gasteiger partial charge in [0, 0.05) is 11.0 Å². The van der Waals surface area contributed by atoms with Crippen LogP contribution >= 0.6 is 11.8 Å². The van der Waals surface area contributed by atoms with E-state index in [9.17, 15) is 0 Å². The van der Waals surface area contributed by atoms with Crippen molar-refractivity contribution in [2.45, 2.75) is 26.0 Å². The van der Waals surface area contributed by atoms with Gasteiger partial charge in [0.15, 0.2) is 0 Å². The fourth-order valence-electron chi connectivity index (χ4n) is 1.24. The highest BCUT2D eigenvalue weighted by Gasteiger charge is 2.06. The molecule has 0 spiro atoms. The zero-order chi connectivity index (χ0) is 12.7. The summed E-state index contributed by atoms with van der Waals surface area (Å²) >= 11 is 1.92. The molecule has 3 heteroatoms. The predicted molar refractivity (Wildman–Crippen MR) is 73.4 cm³/mol. The number of rotatable bonds is 6. The van der Waals surface area contributed by atoms with Crippen molar-refractivity contribution in [2.24, 2.45) is 5.92 Å². The van der Waals surface area contributed by atoms with Gasteiger partial charge in [0.25, 0.3) is 0 Å². The first-order valence-electron chi connectivity index (χ1n) is 5.88. The molecule has 92 valence electrons. The summed E-state index contributed by atoms with van der Waals surface area (Å²) in [4.78, 5) is 0. The van der Waals surface area contributed by atoms with E-state index < -0.39 is 0 Å². The van der Waals surface area contributed by atoms with Crippen LogP contribution < -0.4 is 4.74 Å². The lowest BCUT2D eigenvalue weighted by Crippen LogP contribution is -2.09. The summed E-state index contributed by atoms with van der Waals surface area (Å²) in [6.45, 7) is 7.39. The van der Waals surface area contributed by atoms with Crippen molar-refractivity contribution >= 4 is 11.8 Å². The topological polar surface area (TPSA) is 33.0 Å². The predicted octanol–water partition coefficient (Wildman–Crippen LogP) is 3.71. The Bertz CT molecular complexity index is 384. The van der Waals surface area contributed by atoms with E-state index in [1.807, 2.05) is 23.9 Å². The molecular weight excluding hydrogens is 230 g/mol. The molecule has 0 fully saturated rings. The molecule has 0 aliphatic heterocycles. The number of nitriles is 1. The Balaban J connectivity index is 2.29. The Labute approximate surface area is 108 Å². The second kappa shape index (κ2) is 7.24. The molecule has 0 radical (unpaired) electrons. The van der Waals surface area contributed by atoms with Gasteiger partial charge < -0.3 is 4.74 Å². The lowest BCUT2D eigenvalue weighted by Gasteiger charge is -2.14. The van der Waals surface area contributed by atoms with Gasteiger partial charge in [-0.2, -0.15) is 17.0 Å². The van der Waals surface area contributed by atoms with Crippen molar-refractivity contribution in [3.8, 4) is 11.8 Å². The van der Waals surface area contributed by atoms with Crippen LogP contribution in [-0.2, 0) is 0 Å². The number of hydrogen-bond acceptors (Lipinski definition) is 3. The summed E-state index contributed by atoms with van der Waals surface area (Å²) < 4.78 is 5.61. The third-order valence-electron chi connectivity index (χ3n) is 2.63. The molecule has 1 atom stereocenters. The lowest BCUT2D eigenvalue weighted by atomic mass is 10.2. The first-order chi connectivity index (χ1) is 8.13. The molecule has 0 amide bonds. The van der Waals surface area contributed by atoms with Crippen molar-refractivity contribution in [1.29, 1.82) is 5.26 Å². The number of thioether (sulfide) groups is 1. The zero-order valence-electron chi connectivity index (χ0n) is 10.6. The molecule has 0 aliphatic rings. The van der Waals surface area contributed by atoms with Crippen LogP contribution in [0, 0.1) is 17.2 Å². The second-order valence-electron chi connectivity index (χ2n) is 4.31. The molecular formula is C14H19NOS. The van der Waals surface area contributed by atoms with Gasteiger partial charge in [-0.15, -0.1) is 0 Å². The van der Waals surface area contributed by atoms with E-state index in [-0.39, 0.29) is 0 Å². The standard InChI is InChI=1S/C14H19NOS/c1-11(2)12(3)17-8-7-16-14-6-4-5-13(9-14)10-15/h4-6,9,11-12H,7-8H2,1-3H3. The molecule has 0 saturated carbocycles. The van der Waals surface area contributed by atoms with E-state index in [0.717, 1.165) is 11.5 Å². The molecule has 0 aromatic heterocycles. The fraction of sp³-hybridized carbons (Fsp3) is 0.500. The Morgan fingerprint density at radius 2 is 2.12 bits per heavy atom. The van der Waals surface area contributed by atoms with Gasteiger partial charge in [0.2, 0.25) is 0 Å². The summed E-state index contributed by atoms with van der Waals surface area (Å²) in [5.41, 5.74) is 0.644. The van der Waals surface area contributed by atoms with E-state index >= 15 is 0 Å². The molecule has 1 rings (SSSR count). The number of benzene rings is 1. The highest BCUT2D eigenvalue weighted by molar-refractivity contribution is 7.99. The van der Waals surface area contributed by atoms with Gasteiger partial charge in [-0.3, -0.25) is 0 Å². The van der Waals surface area contributed by atoms with Crippen LogP contribution in [0.25, 0.3) is 0 Å². The van der Waals surface area contributed by atoms with Gasteiger partial charge in [-0.05, 0) is 24.1 Å². The van der Waals surface area contributed by atoms with Gasteiger partial charge in [-0.25, -0.2) is 0 Å². The average molecular weight is 249 g/mol. The second-order valence-corrected chi connectivity index (χ2v) is 5.79. The highest BCUT2D eigenvalue weighted by Crippen LogP contribution is 2.19. The van der Waals surface area contributed by atoms with Crippen LogP contribution in [0.5, 0.6) is 5.75 Å². The van der Waals surface area contributed by atoms with Crippen molar-refractivity contribution in [3.05, 3.63) is 29.8 Å². The summed E-state index contributed by atoms with van der Waals surface area (Å²) in [5, 5.41) is 9.41. The highest BCUT2D eigenvalue weighted by atomic mass is 32.2. The minimum absolute atomic E-state index is 0.644. The maximum atomic E-state index is 8.76. The first-order valence-corrected chi connectivity index (χ1v) is 6.93. The molecule has 0 N–H and O–H groups in total. The van der Waals surface area contributed by atoms with Crippen LogP contribution in [-0.4, -0.2) is 17.6 Å². The Morgan fingerprint density at radius 1 is 1.35 bits per heavy atom. The zero-order valence-corrected chi connectivity index (χ0v) is 11.5. The third kappa shape index (κ3) is 5.14. The molecule has 0 saturated heterocycles. The molecule has 17 heavy (non-hydrogen) atoms. The van der Waals surface area contributed by atoms with Crippen molar-refractivity contribution < 1.29 is 4.74 Å². The summed E-state index contributed by atoms with van der Waals surface area (Å²) in [6.07, 6.45) is 0. The summed E-state index contributed by atoms with van der Waals surface area (Å²) in [5.74, 6) is 2.46. The van der Waals surface area contributed by atoms with Crippen LogP contribution in [0.4, 0.5) is 0 Å². The van der Waals surface area contributed by atoms with Gasteiger partial charge in [-0.1, -0.05) is 26.8 Å². The first kappa shape index (κ1) is 13.9. The Morgan fingerprint density at radius 3 is 2.76 bits per heavy atom. The maximum absolute atomic E-state index is 8.76. The smallest absolute Gasteiger partial charge is 0.120 e. The van der Waals surface area contributed by atoms with Crippen LogP contribution in [0.3, 0.4) is 0 Å². The third-order valence-corrected chi connectivity index (χ3v) is 4.11. The lowest BCUT2D eigenvalue weighted by molar-refractivity contribution is 0.343. The van der Waals surface area contributed by atoms with E-state index in [1.165, 1.54) is 0 Å². The fourth-order valence-corrected chi connectivity index (χ4v) is 2.18. The van der Waals surface area contributed by atoms with Crippen LogP contribution in [0.15, 0.2) is 24.3 Å². The monoisotopic (exact) mass is 249 g/mol. The van der Waals surface area contributed by atoms with E-state index in [0.29, 0.717) is 23.3 Å². The summed E-state index contributed by atoms with van der Waals surface area (Å²) in [6, 6.07) is 9.39. The Kier molecular flexibility index (Phi) is 5.93. The molecule has 1 aromatic rings. The van der Waals surface area contributed by atoms with Crippen molar-refractivity contribution in [3.63, 3.8) is 0 Å². The number of ether oxygens (including phenoxy) is 1. The number of nitrogens with zero attached hydrogens (tertiary/aromatic N) is 1. The maximum Gasteiger partial charge on any atom is 0.120 e.